The number of para-hydroxylation sites is 1. The number of aryl methyl sites for hydroxylation is 4. The summed E-state index contributed by atoms with van der Waals surface area (Å²) in [7, 11) is -0.139. The van der Waals surface area contributed by atoms with Gasteiger partial charge in [-0.05, 0) is 63.0 Å². The van der Waals surface area contributed by atoms with Crippen LogP contribution in [0.3, 0.4) is 0 Å². The van der Waals surface area contributed by atoms with Crippen molar-refractivity contribution in [2.45, 2.75) is 27.7 Å². The number of hydrogen-bond acceptors (Lipinski definition) is 2. The van der Waals surface area contributed by atoms with Crippen LogP contribution in [-0.2, 0) is 0 Å². The Kier molecular flexibility index (Phi) is 3.80. The molecule has 0 atom stereocenters. The molecule has 0 spiro atoms. The van der Waals surface area contributed by atoms with Crippen LogP contribution in [0.1, 0.15) is 22.3 Å². The van der Waals surface area contributed by atoms with Crippen LogP contribution >= 0.6 is 0 Å². The van der Waals surface area contributed by atoms with Gasteiger partial charge in [-0.25, -0.2) is 0 Å². The van der Waals surface area contributed by atoms with E-state index in [4.69, 9.17) is 4.65 Å². The lowest BCUT2D eigenvalue weighted by atomic mass is 9.67. The lowest BCUT2D eigenvalue weighted by Crippen LogP contribution is -2.49. The average molecular weight is 327 g/mol. The first-order chi connectivity index (χ1) is 12.0. The zero-order valence-corrected chi connectivity index (χ0v) is 15.2. The predicted molar refractivity (Wildman–Crippen MR) is 106 cm³/mol. The smallest absolute Gasteiger partial charge is 0.524 e. The zero-order valence-electron chi connectivity index (χ0n) is 15.2. The third kappa shape index (κ3) is 2.70. The molecule has 0 N–H and O–H groups in total. The Labute approximate surface area is 150 Å². The molecule has 3 aromatic carbocycles. The molecule has 3 aromatic rings. The lowest BCUT2D eigenvalue weighted by Gasteiger charge is -2.25. The van der Waals surface area contributed by atoms with Gasteiger partial charge >= 0.3 is 7.05 Å². The molecule has 4 rings (SSSR count). The van der Waals surface area contributed by atoms with E-state index in [-0.39, 0.29) is 7.05 Å². The first kappa shape index (κ1) is 15.8. The summed E-state index contributed by atoms with van der Waals surface area (Å²) in [5, 5.41) is 0. The minimum absolute atomic E-state index is 0.139. The van der Waals surface area contributed by atoms with Crippen molar-refractivity contribution >= 4 is 23.9 Å². The number of rotatable bonds is 2. The van der Waals surface area contributed by atoms with Crippen LogP contribution in [0.5, 0.6) is 5.75 Å². The minimum Gasteiger partial charge on any atom is -0.536 e. The second-order valence-corrected chi connectivity index (χ2v) is 6.96. The van der Waals surface area contributed by atoms with Gasteiger partial charge < -0.3 is 9.47 Å². The number of hydrogen-bond donors (Lipinski definition) is 0. The largest absolute Gasteiger partial charge is 0.536 e. The van der Waals surface area contributed by atoms with Crippen molar-refractivity contribution in [2.24, 2.45) is 0 Å². The van der Waals surface area contributed by atoms with E-state index in [1.807, 2.05) is 6.07 Å². The summed E-state index contributed by atoms with van der Waals surface area (Å²) in [6.07, 6.45) is 0. The Morgan fingerprint density at radius 3 is 2.12 bits per heavy atom. The van der Waals surface area contributed by atoms with Crippen molar-refractivity contribution < 1.29 is 4.65 Å². The number of benzene rings is 3. The molecule has 0 saturated heterocycles. The van der Waals surface area contributed by atoms with E-state index in [2.05, 4.69) is 87.1 Å². The van der Waals surface area contributed by atoms with Crippen molar-refractivity contribution in [1.29, 1.82) is 0 Å². The molecular weight excluding hydrogens is 305 g/mol. The van der Waals surface area contributed by atoms with Crippen molar-refractivity contribution in [3.05, 3.63) is 82.9 Å². The zero-order chi connectivity index (χ0) is 17.6. The van der Waals surface area contributed by atoms with Crippen molar-refractivity contribution in [1.82, 2.24) is 0 Å². The molecule has 0 aromatic heterocycles. The molecule has 0 bridgehead atoms. The van der Waals surface area contributed by atoms with Crippen LogP contribution in [0.25, 0.3) is 0 Å². The van der Waals surface area contributed by atoms with Gasteiger partial charge in [0.05, 0.1) is 5.69 Å². The van der Waals surface area contributed by atoms with Crippen LogP contribution in [0.4, 0.5) is 11.4 Å². The fourth-order valence-corrected chi connectivity index (χ4v) is 3.85. The van der Waals surface area contributed by atoms with Crippen LogP contribution in [0.15, 0.2) is 60.7 Å². The molecule has 0 unspecified atom stereocenters. The van der Waals surface area contributed by atoms with Gasteiger partial charge in [0.1, 0.15) is 5.75 Å². The fourth-order valence-electron chi connectivity index (χ4n) is 3.85. The second-order valence-electron chi connectivity index (χ2n) is 6.96. The monoisotopic (exact) mass is 327 g/mol. The minimum atomic E-state index is -0.139. The van der Waals surface area contributed by atoms with E-state index < -0.39 is 0 Å². The second kappa shape index (κ2) is 6.00. The Hall–Kier alpha value is -2.68. The van der Waals surface area contributed by atoms with E-state index in [1.54, 1.807) is 0 Å². The maximum Gasteiger partial charge on any atom is 0.524 e. The molecule has 124 valence electrons. The number of fused-ring (bicyclic) bond motifs is 1. The van der Waals surface area contributed by atoms with Crippen LogP contribution in [0, 0.1) is 27.7 Å². The quantitative estimate of drug-likeness (QED) is 0.624. The first-order valence-electron chi connectivity index (χ1n) is 8.74. The van der Waals surface area contributed by atoms with Gasteiger partial charge in [0, 0.05) is 5.69 Å². The van der Waals surface area contributed by atoms with Crippen molar-refractivity contribution in [2.75, 3.05) is 4.81 Å². The molecule has 2 nitrogen and oxygen atoms in total. The molecule has 1 aliphatic rings. The first-order valence-corrected chi connectivity index (χ1v) is 8.74. The number of nitrogens with zero attached hydrogens (tertiary/aromatic N) is 1. The van der Waals surface area contributed by atoms with Crippen LogP contribution in [-0.4, -0.2) is 7.05 Å². The topological polar surface area (TPSA) is 12.5 Å². The summed E-state index contributed by atoms with van der Waals surface area (Å²) >= 11 is 0. The van der Waals surface area contributed by atoms with Crippen LogP contribution in [0.2, 0.25) is 0 Å². The molecular formula is C22H22BNO. The van der Waals surface area contributed by atoms with E-state index in [0.717, 1.165) is 17.1 Å². The fraction of sp³-hybridized carbons (Fsp3) is 0.182. The highest BCUT2D eigenvalue weighted by Crippen LogP contribution is 2.41. The highest BCUT2D eigenvalue weighted by Gasteiger charge is 2.41. The summed E-state index contributed by atoms with van der Waals surface area (Å²) < 4.78 is 6.47. The Bertz CT molecular complexity index is 913. The molecule has 0 saturated carbocycles. The van der Waals surface area contributed by atoms with Gasteiger partial charge in [0.15, 0.2) is 0 Å². The van der Waals surface area contributed by atoms with E-state index in [1.165, 1.54) is 27.7 Å². The summed E-state index contributed by atoms with van der Waals surface area (Å²) in [5.41, 5.74) is 8.57. The van der Waals surface area contributed by atoms with Gasteiger partial charge in [-0.3, -0.25) is 0 Å². The molecule has 3 heteroatoms. The molecule has 25 heavy (non-hydrogen) atoms. The van der Waals surface area contributed by atoms with Crippen molar-refractivity contribution in [3.8, 4) is 5.75 Å². The van der Waals surface area contributed by atoms with Crippen molar-refractivity contribution in [3.63, 3.8) is 0 Å². The van der Waals surface area contributed by atoms with Gasteiger partial charge in [0.25, 0.3) is 0 Å². The Morgan fingerprint density at radius 2 is 1.44 bits per heavy atom. The summed E-state index contributed by atoms with van der Waals surface area (Å²) in [4.78, 5) is 2.31. The maximum absolute atomic E-state index is 6.47. The average Bonchev–Trinajstić information content (AvgIpc) is 2.92. The highest BCUT2D eigenvalue weighted by molar-refractivity contribution is 6.75. The van der Waals surface area contributed by atoms with Crippen LogP contribution < -0.4 is 14.9 Å². The standard InChI is InChI=1S/C22H22BNO/c1-15-10-11-20-21(14-15)25-23(24(20)19-8-6-5-7-9-19)22-17(3)12-16(2)13-18(22)4/h5-14H,1-4H3. The van der Waals surface area contributed by atoms with Gasteiger partial charge in [-0.1, -0.05) is 53.1 Å². The third-order valence-electron chi connectivity index (χ3n) is 4.87. The Balaban J connectivity index is 1.91. The van der Waals surface area contributed by atoms with E-state index in [0.29, 0.717) is 0 Å². The maximum atomic E-state index is 6.47. The molecule has 0 aliphatic carbocycles. The third-order valence-corrected chi connectivity index (χ3v) is 4.87. The predicted octanol–water partition coefficient (Wildman–Crippen LogP) is 4.85. The molecule has 0 fully saturated rings. The highest BCUT2D eigenvalue weighted by atomic mass is 16.5. The molecule has 0 amide bonds. The van der Waals surface area contributed by atoms with Gasteiger partial charge in [0.2, 0.25) is 0 Å². The van der Waals surface area contributed by atoms with E-state index in [9.17, 15) is 0 Å². The molecule has 1 aliphatic heterocycles. The van der Waals surface area contributed by atoms with Gasteiger partial charge in [-0.2, -0.15) is 0 Å². The molecule has 0 radical (unpaired) electrons. The number of anilines is 2. The summed E-state index contributed by atoms with van der Waals surface area (Å²) in [6.45, 7) is 8.60. The summed E-state index contributed by atoms with van der Waals surface area (Å²) in [6, 6.07) is 21.4. The molecule has 1 heterocycles. The van der Waals surface area contributed by atoms with Gasteiger partial charge in [-0.15, -0.1) is 0 Å². The Morgan fingerprint density at radius 1 is 0.760 bits per heavy atom. The normalized spacial score (nSPS) is 13.0. The van der Waals surface area contributed by atoms with E-state index >= 15 is 0 Å². The lowest BCUT2D eigenvalue weighted by molar-refractivity contribution is 0.602. The summed E-state index contributed by atoms with van der Waals surface area (Å²) in [5.74, 6) is 0.952. The SMILES string of the molecule is Cc1cc(C)c(B2Oc3cc(C)ccc3N2c2ccccc2)c(C)c1.